The van der Waals surface area contributed by atoms with Gasteiger partial charge in [-0.2, -0.15) is 0 Å². The van der Waals surface area contributed by atoms with Crippen molar-refractivity contribution in [1.82, 2.24) is 15.3 Å². The summed E-state index contributed by atoms with van der Waals surface area (Å²) in [6.45, 7) is 4.53. The van der Waals surface area contributed by atoms with Gasteiger partial charge in [0, 0.05) is 25.0 Å². The predicted molar refractivity (Wildman–Crippen MR) is 81.6 cm³/mol. The SMILES string of the molecule is Cc1nccc(CNC(C)c2ccc(S(C)(=O)=O)cc2)n1. The van der Waals surface area contributed by atoms with E-state index in [2.05, 4.69) is 15.3 Å². The minimum absolute atomic E-state index is 0.105. The van der Waals surface area contributed by atoms with Crippen LogP contribution < -0.4 is 5.32 Å². The number of nitrogens with one attached hydrogen (secondary N) is 1. The van der Waals surface area contributed by atoms with Gasteiger partial charge in [-0.25, -0.2) is 18.4 Å². The van der Waals surface area contributed by atoms with Crippen LogP contribution in [0.25, 0.3) is 0 Å². The highest BCUT2D eigenvalue weighted by Crippen LogP contribution is 2.16. The molecule has 0 spiro atoms. The average molecular weight is 305 g/mol. The van der Waals surface area contributed by atoms with Gasteiger partial charge in [0.15, 0.2) is 9.84 Å². The molecule has 0 saturated heterocycles. The molecule has 0 aliphatic carbocycles. The van der Waals surface area contributed by atoms with Crippen molar-refractivity contribution in [3.05, 3.63) is 53.6 Å². The number of aryl methyl sites for hydroxylation is 1. The van der Waals surface area contributed by atoms with Crippen LogP contribution in [-0.2, 0) is 16.4 Å². The Labute approximate surface area is 125 Å². The normalized spacial score (nSPS) is 13.1. The molecule has 0 amide bonds. The number of hydrogen-bond acceptors (Lipinski definition) is 5. The van der Waals surface area contributed by atoms with Crippen LogP contribution in [0.15, 0.2) is 41.4 Å². The first-order chi connectivity index (χ1) is 9.86. The summed E-state index contributed by atoms with van der Waals surface area (Å²) in [5.41, 5.74) is 1.97. The highest BCUT2D eigenvalue weighted by atomic mass is 32.2. The van der Waals surface area contributed by atoms with Crippen LogP contribution in [0.5, 0.6) is 0 Å². The molecule has 1 atom stereocenters. The quantitative estimate of drug-likeness (QED) is 0.915. The fourth-order valence-electron chi connectivity index (χ4n) is 1.98. The van der Waals surface area contributed by atoms with Gasteiger partial charge in [-0.1, -0.05) is 12.1 Å². The monoisotopic (exact) mass is 305 g/mol. The smallest absolute Gasteiger partial charge is 0.175 e. The second kappa shape index (κ2) is 6.32. The van der Waals surface area contributed by atoms with Crippen LogP contribution in [-0.4, -0.2) is 24.6 Å². The number of hydrogen-bond donors (Lipinski definition) is 1. The zero-order chi connectivity index (χ0) is 15.5. The second-order valence-electron chi connectivity index (χ2n) is 5.04. The molecule has 1 N–H and O–H groups in total. The number of sulfone groups is 1. The molecule has 0 aliphatic heterocycles. The Morgan fingerprint density at radius 3 is 2.43 bits per heavy atom. The Morgan fingerprint density at radius 2 is 1.86 bits per heavy atom. The van der Waals surface area contributed by atoms with E-state index in [0.717, 1.165) is 17.1 Å². The van der Waals surface area contributed by atoms with Gasteiger partial charge in [-0.3, -0.25) is 0 Å². The van der Waals surface area contributed by atoms with E-state index in [1.54, 1.807) is 18.3 Å². The lowest BCUT2D eigenvalue weighted by molar-refractivity contribution is 0.565. The van der Waals surface area contributed by atoms with Gasteiger partial charge in [0.05, 0.1) is 10.6 Å². The maximum absolute atomic E-state index is 11.4. The molecule has 2 rings (SSSR count). The third kappa shape index (κ3) is 4.34. The number of benzene rings is 1. The summed E-state index contributed by atoms with van der Waals surface area (Å²) >= 11 is 0. The molecule has 6 heteroatoms. The van der Waals surface area contributed by atoms with Crippen LogP contribution >= 0.6 is 0 Å². The average Bonchev–Trinajstić information content (AvgIpc) is 2.44. The van der Waals surface area contributed by atoms with E-state index in [-0.39, 0.29) is 6.04 Å². The minimum Gasteiger partial charge on any atom is -0.305 e. The van der Waals surface area contributed by atoms with Crippen molar-refractivity contribution in [3.8, 4) is 0 Å². The summed E-state index contributed by atoms with van der Waals surface area (Å²) in [6.07, 6.45) is 2.95. The lowest BCUT2D eigenvalue weighted by atomic mass is 10.1. The summed E-state index contributed by atoms with van der Waals surface area (Å²) in [5, 5.41) is 3.36. The topological polar surface area (TPSA) is 72.0 Å². The number of aromatic nitrogens is 2. The Balaban J connectivity index is 2.02. The van der Waals surface area contributed by atoms with Crippen molar-refractivity contribution in [2.45, 2.75) is 31.3 Å². The fourth-order valence-corrected chi connectivity index (χ4v) is 2.61. The molecule has 1 aromatic carbocycles. The molecule has 0 radical (unpaired) electrons. The predicted octanol–water partition coefficient (Wildman–Crippen LogP) is 2.04. The van der Waals surface area contributed by atoms with E-state index in [0.29, 0.717) is 11.4 Å². The maximum atomic E-state index is 11.4. The molecule has 1 heterocycles. The molecule has 0 fully saturated rings. The Hall–Kier alpha value is -1.79. The molecular weight excluding hydrogens is 286 g/mol. The van der Waals surface area contributed by atoms with Gasteiger partial charge in [-0.05, 0) is 37.6 Å². The molecule has 0 saturated carbocycles. The highest BCUT2D eigenvalue weighted by molar-refractivity contribution is 7.90. The van der Waals surface area contributed by atoms with Crippen LogP contribution in [0.2, 0.25) is 0 Å². The van der Waals surface area contributed by atoms with E-state index in [9.17, 15) is 8.42 Å². The van der Waals surface area contributed by atoms with Gasteiger partial charge in [0.25, 0.3) is 0 Å². The van der Waals surface area contributed by atoms with Crippen molar-refractivity contribution in [2.24, 2.45) is 0 Å². The van der Waals surface area contributed by atoms with Gasteiger partial charge in [0.2, 0.25) is 0 Å². The summed E-state index contributed by atoms with van der Waals surface area (Å²) in [4.78, 5) is 8.73. The van der Waals surface area contributed by atoms with E-state index in [1.165, 1.54) is 6.26 Å². The van der Waals surface area contributed by atoms with Crippen molar-refractivity contribution < 1.29 is 8.42 Å². The molecule has 0 aliphatic rings. The van der Waals surface area contributed by atoms with Gasteiger partial charge < -0.3 is 5.32 Å². The van der Waals surface area contributed by atoms with Gasteiger partial charge in [-0.15, -0.1) is 0 Å². The standard InChI is InChI=1S/C15H19N3O2S/c1-11(17-10-14-8-9-16-12(2)18-14)13-4-6-15(7-5-13)21(3,19)20/h4-9,11,17H,10H2,1-3H3. The molecule has 21 heavy (non-hydrogen) atoms. The van der Waals surface area contributed by atoms with E-state index in [1.807, 2.05) is 32.0 Å². The molecule has 2 aromatic rings. The first-order valence-corrected chi connectivity index (χ1v) is 8.57. The Morgan fingerprint density at radius 1 is 1.19 bits per heavy atom. The van der Waals surface area contributed by atoms with Crippen molar-refractivity contribution in [2.75, 3.05) is 6.26 Å². The minimum atomic E-state index is -3.14. The van der Waals surface area contributed by atoms with E-state index < -0.39 is 9.84 Å². The van der Waals surface area contributed by atoms with Crippen LogP contribution in [0.3, 0.4) is 0 Å². The third-order valence-electron chi connectivity index (χ3n) is 3.23. The first kappa shape index (κ1) is 15.6. The summed E-state index contributed by atoms with van der Waals surface area (Å²) in [7, 11) is -3.14. The lowest BCUT2D eigenvalue weighted by Gasteiger charge is -2.14. The summed E-state index contributed by atoms with van der Waals surface area (Å²) in [6, 6.07) is 8.92. The zero-order valence-electron chi connectivity index (χ0n) is 12.4. The van der Waals surface area contributed by atoms with E-state index >= 15 is 0 Å². The molecule has 1 aromatic heterocycles. The van der Waals surface area contributed by atoms with Crippen molar-refractivity contribution >= 4 is 9.84 Å². The largest absolute Gasteiger partial charge is 0.305 e. The van der Waals surface area contributed by atoms with Crippen LogP contribution in [0, 0.1) is 6.92 Å². The second-order valence-corrected chi connectivity index (χ2v) is 7.05. The first-order valence-electron chi connectivity index (χ1n) is 6.68. The number of rotatable bonds is 5. The Kier molecular flexibility index (Phi) is 4.69. The number of nitrogens with zero attached hydrogens (tertiary/aromatic N) is 2. The van der Waals surface area contributed by atoms with Gasteiger partial charge in [0.1, 0.15) is 5.82 Å². The fraction of sp³-hybridized carbons (Fsp3) is 0.333. The maximum Gasteiger partial charge on any atom is 0.175 e. The molecule has 1 unspecified atom stereocenters. The van der Waals surface area contributed by atoms with Gasteiger partial charge >= 0.3 is 0 Å². The summed E-state index contributed by atoms with van der Waals surface area (Å²) in [5.74, 6) is 0.749. The van der Waals surface area contributed by atoms with Crippen LogP contribution in [0.4, 0.5) is 0 Å². The molecule has 5 nitrogen and oxygen atoms in total. The van der Waals surface area contributed by atoms with E-state index in [4.69, 9.17) is 0 Å². The van der Waals surface area contributed by atoms with Crippen molar-refractivity contribution in [1.29, 1.82) is 0 Å². The zero-order valence-corrected chi connectivity index (χ0v) is 13.2. The van der Waals surface area contributed by atoms with Crippen LogP contribution in [0.1, 0.15) is 30.0 Å². The molecule has 0 bridgehead atoms. The lowest BCUT2D eigenvalue weighted by Crippen LogP contribution is -2.19. The third-order valence-corrected chi connectivity index (χ3v) is 4.36. The molecular formula is C15H19N3O2S. The van der Waals surface area contributed by atoms with Crippen molar-refractivity contribution in [3.63, 3.8) is 0 Å². The highest BCUT2D eigenvalue weighted by Gasteiger charge is 2.09. The molecule has 112 valence electrons. The summed E-state index contributed by atoms with van der Waals surface area (Å²) < 4.78 is 22.9. The Bertz CT molecular complexity index is 712.